The van der Waals surface area contributed by atoms with E-state index in [4.69, 9.17) is 17.4 Å². The fraction of sp³-hybridized carbons (Fsp3) is 0.143. The number of aryl methyl sites for hydroxylation is 2. The highest BCUT2D eigenvalue weighted by Crippen LogP contribution is 2.33. The fourth-order valence-corrected chi connectivity index (χ4v) is 2.56. The zero-order valence-corrected chi connectivity index (χ0v) is 11.9. The molecule has 6 heteroatoms. The molecule has 0 saturated heterocycles. The molecular weight excluding hydrogens is 274 g/mol. The van der Waals surface area contributed by atoms with Crippen LogP contribution in [0.1, 0.15) is 11.4 Å². The van der Waals surface area contributed by atoms with Crippen molar-refractivity contribution in [3.8, 4) is 11.1 Å². The van der Waals surface area contributed by atoms with Crippen LogP contribution in [0, 0.1) is 13.8 Å². The summed E-state index contributed by atoms with van der Waals surface area (Å²) >= 11 is 6.30. The molecule has 1 aromatic carbocycles. The zero-order chi connectivity index (χ0) is 14.3. The second kappa shape index (κ2) is 4.77. The van der Waals surface area contributed by atoms with Crippen LogP contribution < -0.4 is 11.3 Å². The molecule has 20 heavy (non-hydrogen) atoms. The van der Waals surface area contributed by atoms with Gasteiger partial charge in [-0.05, 0) is 19.9 Å². The monoisotopic (exact) mass is 287 g/mol. The number of aromatic nitrogens is 3. The second-order valence-electron chi connectivity index (χ2n) is 4.60. The van der Waals surface area contributed by atoms with Crippen molar-refractivity contribution in [1.82, 2.24) is 14.6 Å². The number of nitrogens with zero attached hydrogens (tertiary/aromatic N) is 3. The molecule has 5 nitrogen and oxygen atoms in total. The van der Waals surface area contributed by atoms with E-state index in [1.807, 2.05) is 44.2 Å². The van der Waals surface area contributed by atoms with Crippen molar-refractivity contribution < 1.29 is 0 Å². The molecule has 3 rings (SSSR count). The predicted octanol–water partition coefficient (Wildman–Crippen LogP) is 2.95. The summed E-state index contributed by atoms with van der Waals surface area (Å²) in [6.45, 7) is 3.85. The number of nitrogens with one attached hydrogen (secondary N) is 1. The van der Waals surface area contributed by atoms with Crippen LogP contribution in [0.15, 0.2) is 30.3 Å². The Morgan fingerprint density at radius 1 is 1.25 bits per heavy atom. The average Bonchev–Trinajstić information content (AvgIpc) is 2.75. The Balaban J connectivity index is 2.40. The van der Waals surface area contributed by atoms with Crippen LogP contribution in [-0.2, 0) is 0 Å². The first kappa shape index (κ1) is 12.9. The molecular formula is C14H14ClN5. The summed E-state index contributed by atoms with van der Waals surface area (Å²) < 4.78 is 1.70. The lowest BCUT2D eigenvalue weighted by molar-refractivity contribution is 0.908. The summed E-state index contributed by atoms with van der Waals surface area (Å²) in [6.07, 6.45) is 0. The Morgan fingerprint density at radius 3 is 2.70 bits per heavy atom. The Bertz CT molecular complexity index is 794. The Kier molecular flexibility index (Phi) is 3.08. The van der Waals surface area contributed by atoms with Gasteiger partial charge in [0.15, 0.2) is 5.65 Å². The molecule has 0 saturated carbocycles. The van der Waals surface area contributed by atoms with E-state index >= 15 is 0 Å². The molecule has 0 spiro atoms. The maximum atomic E-state index is 6.30. The van der Waals surface area contributed by atoms with Crippen molar-refractivity contribution in [2.24, 2.45) is 5.84 Å². The van der Waals surface area contributed by atoms with Crippen molar-refractivity contribution in [2.45, 2.75) is 13.8 Å². The number of rotatable bonds is 2. The lowest BCUT2D eigenvalue weighted by atomic mass is 10.1. The SMILES string of the molecule is Cc1cc(NN)n2nc(C)c(-c3ccccc3Cl)c2n1. The summed E-state index contributed by atoms with van der Waals surface area (Å²) in [5, 5.41) is 5.17. The van der Waals surface area contributed by atoms with E-state index in [0.29, 0.717) is 10.8 Å². The first-order valence-electron chi connectivity index (χ1n) is 6.20. The molecule has 0 aliphatic heterocycles. The summed E-state index contributed by atoms with van der Waals surface area (Å²) in [7, 11) is 0. The van der Waals surface area contributed by atoms with Gasteiger partial charge in [-0.3, -0.25) is 0 Å². The number of hydrazine groups is 1. The smallest absolute Gasteiger partial charge is 0.165 e. The molecule has 0 bridgehead atoms. The summed E-state index contributed by atoms with van der Waals surface area (Å²) in [4.78, 5) is 4.57. The highest BCUT2D eigenvalue weighted by Gasteiger charge is 2.17. The Morgan fingerprint density at radius 2 is 2.00 bits per heavy atom. The lowest BCUT2D eigenvalue weighted by Crippen LogP contribution is -2.12. The number of fused-ring (bicyclic) bond motifs is 1. The molecule has 0 aliphatic rings. The number of hydrogen-bond acceptors (Lipinski definition) is 4. The van der Waals surface area contributed by atoms with Gasteiger partial charge in [-0.1, -0.05) is 29.8 Å². The standard InChI is InChI=1S/C14H14ClN5/c1-8-7-12(18-16)20-14(17-8)13(9(2)19-20)10-5-3-4-6-11(10)15/h3-7,18H,16H2,1-2H3. The van der Waals surface area contributed by atoms with Gasteiger partial charge in [-0.25, -0.2) is 10.8 Å². The number of nitrogens with two attached hydrogens (primary N) is 1. The first-order valence-corrected chi connectivity index (χ1v) is 6.58. The highest BCUT2D eigenvalue weighted by molar-refractivity contribution is 6.33. The van der Waals surface area contributed by atoms with Gasteiger partial charge in [0, 0.05) is 22.3 Å². The largest absolute Gasteiger partial charge is 0.308 e. The van der Waals surface area contributed by atoms with Gasteiger partial charge >= 0.3 is 0 Å². The van der Waals surface area contributed by atoms with Gasteiger partial charge in [0.05, 0.1) is 11.3 Å². The van der Waals surface area contributed by atoms with Gasteiger partial charge in [0.1, 0.15) is 5.82 Å². The van der Waals surface area contributed by atoms with Gasteiger partial charge in [0.2, 0.25) is 0 Å². The Hall–Kier alpha value is -2.11. The third kappa shape index (κ3) is 1.92. The third-order valence-corrected chi connectivity index (χ3v) is 3.51. The molecule has 2 heterocycles. The van der Waals surface area contributed by atoms with Crippen LogP contribution in [0.3, 0.4) is 0 Å². The molecule has 2 aromatic heterocycles. The second-order valence-corrected chi connectivity index (χ2v) is 5.01. The minimum atomic E-state index is 0.677. The van der Waals surface area contributed by atoms with E-state index in [-0.39, 0.29) is 0 Å². The number of benzene rings is 1. The molecule has 0 atom stereocenters. The predicted molar refractivity (Wildman–Crippen MR) is 80.7 cm³/mol. The molecule has 3 aromatic rings. The van der Waals surface area contributed by atoms with E-state index < -0.39 is 0 Å². The molecule has 0 unspecified atom stereocenters. The molecule has 0 radical (unpaired) electrons. The van der Waals surface area contributed by atoms with Crippen molar-refractivity contribution in [2.75, 3.05) is 5.43 Å². The van der Waals surface area contributed by atoms with Crippen molar-refractivity contribution in [1.29, 1.82) is 0 Å². The van der Waals surface area contributed by atoms with E-state index in [0.717, 1.165) is 28.2 Å². The highest BCUT2D eigenvalue weighted by atomic mass is 35.5. The van der Waals surface area contributed by atoms with Crippen LogP contribution in [-0.4, -0.2) is 14.6 Å². The van der Waals surface area contributed by atoms with E-state index in [1.165, 1.54) is 0 Å². The molecule has 3 N–H and O–H groups in total. The quantitative estimate of drug-likeness (QED) is 0.562. The maximum absolute atomic E-state index is 6.30. The van der Waals surface area contributed by atoms with Crippen LogP contribution in [0.4, 0.5) is 5.82 Å². The van der Waals surface area contributed by atoms with Crippen LogP contribution in [0.5, 0.6) is 0 Å². The van der Waals surface area contributed by atoms with Crippen molar-refractivity contribution in [3.63, 3.8) is 0 Å². The van der Waals surface area contributed by atoms with Crippen LogP contribution in [0.25, 0.3) is 16.8 Å². The van der Waals surface area contributed by atoms with E-state index in [9.17, 15) is 0 Å². The van der Waals surface area contributed by atoms with Gasteiger partial charge in [-0.15, -0.1) is 0 Å². The maximum Gasteiger partial charge on any atom is 0.165 e. The van der Waals surface area contributed by atoms with Crippen LogP contribution >= 0.6 is 11.6 Å². The Labute approximate surface area is 121 Å². The zero-order valence-electron chi connectivity index (χ0n) is 11.2. The number of hydrogen-bond donors (Lipinski definition) is 2. The first-order chi connectivity index (χ1) is 9.61. The van der Waals surface area contributed by atoms with Gasteiger partial charge in [-0.2, -0.15) is 9.61 Å². The van der Waals surface area contributed by atoms with Crippen LogP contribution in [0.2, 0.25) is 5.02 Å². The number of halogens is 1. The average molecular weight is 288 g/mol. The third-order valence-electron chi connectivity index (χ3n) is 3.18. The lowest BCUT2D eigenvalue weighted by Gasteiger charge is -2.06. The minimum Gasteiger partial charge on any atom is -0.308 e. The van der Waals surface area contributed by atoms with Gasteiger partial charge < -0.3 is 5.43 Å². The molecule has 0 fully saturated rings. The van der Waals surface area contributed by atoms with E-state index in [2.05, 4.69) is 15.5 Å². The molecule has 102 valence electrons. The van der Waals surface area contributed by atoms with Gasteiger partial charge in [0.25, 0.3) is 0 Å². The minimum absolute atomic E-state index is 0.677. The summed E-state index contributed by atoms with van der Waals surface area (Å²) in [5.41, 5.74) is 6.94. The molecule has 0 amide bonds. The van der Waals surface area contributed by atoms with E-state index in [1.54, 1.807) is 4.52 Å². The topological polar surface area (TPSA) is 68.2 Å². The fourth-order valence-electron chi connectivity index (χ4n) is 2.33. The number of nitrogen functional groups attached to an aromatic ring is 1. The molecule has 0 aliphatic carbocycles. The van der Waals surface area contributed by atoms with Crippen molar-refractivity contribution >= 4 is 23.1 Å². The van der Waals surface area contributed by atoms with Crippen molar-refractivity contribution in [3.05, 3.63) is 46.7 Å². The summed E-state index contributed by atoms with van der Waals surface area (Å²) in [5.74, 6) is 6.24. The normalized spacial score (nSPS) is 11.0. The summed E-state index contributed by atoms with van der Waals surface area (Å²) in [6, 6.07) is 9.51. The number of anilines is 1.